The van der Waals surface area contributed by atoms with E-state index >= 15 is 0 Å². The molecule has 2 aliphatic heterocycles. The van der Waals surface area contributed by atoms with Gasteiger partial charge in [0.05, 0.1) is 17.1 Å². The van der Waals surface area contributed by atoms with Crippen LogP contribution >= 0.6 is 0 Å². The highest BCUT2D eigenvalue weighted by atomic mass is 16.4. The summed E-state index contributed by atoms with van der Waals surface area (Å²) in [7, 11) is 0. The lowest BCUT2D eigenvalue weighted by Gasteiger charge is -2.27. The van der Waals surface area contributed by atoms with E-state index in [2.05, 4.69) is 104 Å². The third-order valence-corrected chi connectivity index (χ3v) is 10.9. The number of carboxylic acid groups (broad SMARTS) is 1. The fourth-order valence-electron chi connectivity index (χ4n) is 7.78. The number of allylic oxidation sites excluding steroid dienone is 8. The predicted molar refractivity (Wildman–Crippen MR) is 203 cm³/mol. The Morgan fingerprint density at radius 3 is 2.32 bits per heavy atom. The Labute approximate surface area is 299 Å². The first-order chi connectivity index (χ1) is 24.1. The Kier molecular flexibility index (Phi) is 12.1. The van der Waals surface area contributed by atoms with Gasteiger partial charge in [-0.1, -0.05) is 75.2 Å². The van der Waals surface area contributed by atoms with Crippen molar-refractivity contribution in [3.05, 3.63) is 107 Å². The van der Waals surface area contributed by atoms with Gasteiger partial charge in [-0.05, 0) is 82.2 Å². The van der Waals surface area contributed by atoms with Crippen molar-refractivity contribution >= 4 is 28.8 Å². The zero-order valence-electron chi connectivity index (χ0n) is 30.5. The van der Waals surface area contributed by atoms with E-state index in [4.69, 9.17) is 5.11 Å². The molecule has 0 atom stereocenters. The summed E-state index contributed by atoms with van der Waals surface area (Å²) in [6.07, 6.45) is 21.8. The van der Waals surface area contributed by atoms with Crippen LogP contribution < -0.4 is 4.90 Å². The summed E-state index contributed by atoms with van der Waals surface area (Å²) >= 11 is 0. The number of hydrogen-bond donors (Lipinski definition) is 1. The summed E-state index contributed by atoms with van der Waals surface area (Å²) in [6.45, 7) is 10.7. The number of carbonyl (C=O) groups excluding carboxylic acids is 1. The van der Waals surface area contributed by atoms with Crippen LogP contribution in [0.5, 0.6) is 0 Å². The summed E-state index contributed by atoms with van der Waals surface area (Å²) < 4.78 is 2.43. The van der Waals surface area contributed by atoms with Gasteiger partial charge < -0.3 is 10.0 Å². The van der Waals surface area contributed by atoms with Gasteiger partial charge in [-0.15, -0.1) is 0 Å². The summed E-state index contributed by atoms with van der Waals surface area (Å²) in [5.74, 6) is 0.0505. The van der Waals surface area contributed by atoms with Crippen LogP contribution in [-0.2, 0) is 20.4 Å². The van der Waals surface area contributed by atoms with Crippen LogP contribution in [0.25, 0.3) is 0 Å². The first-order valence-corrected chi connectivity index (χ1v) is 18.6. The summed E-state index contributed by atoms with van der Waals surface area (Å²) in [5, 5.41) is 19.1. The Balaban J connectivity index is 1.30. The van der Waals surface area contributed by atoms with Crippen LogP contribution in [0.1, 0.15) is 109 Å². The molecule has 6 heteroatoms. The van der Waals surface area contributed by atoms with Crippen LogP contribution in [0, 0.1) is 17.2 Å². The molecule has 0 amide bonds. The van der Waals surface area contributed by atoms with E-state index in [1.807, 2.05) is 24.3 Å². The number of carbonyl (C=O) groups is 2. The van der Waals surface area contributed by atoms with Gasteiger partial charge in [0.2, 0.25) is 5.69 Å². The van der Waals surface area contributed by atoms with Gasteiger partial charge in [-0.25, -0.2) is 0 Å². The van der Waals surface area contributed by atoms with Gasteiger partial charge >= 0.3 is 5.97 Å². The Morgan fingerprint density at radius 1 is 0.900 bits per heavy atom. The second-order valence-electron chi connectivity index (χ2n) is 15.1. The summed E-state index contributed by atoms with van der Waals surface area (Å²) in [5.41, 5.74) is 7.60. The number of Topliss-reactive ketones (excluding diaryl/α,β-unsaturated/α-hetero) is 1. The molecule has 50 heavy (non-hydrogen) atoms. The monoisotopic (exact) mass is 672 g/mol. The highest BCUT2D eigenvalue weighted by Crippen LogP contribution is 2.47. The number of para-hydroxylation sites is 2. The molecule has 6 nitrogen and oxygen atoms in total. The van der Waals surface area contributed by atoms with Gasteiger partial charge in [0.1, 0.15) is 12.3 Å². The van der Waals surface area contributed by atoms with E-state index in [0.717, 1.165) is 58.0 Å². The van der Waals surface area contributed by atoms with Gasteiger partial charge in [0.15, 0.2) is 5.71 Å². The number of anilines is 1. The van der Waals surface area contributed by atoms with Crippen LogP contribution in [0.2, 0.25) is 0 Å². The smallest absolute Gasteiger partial charge is 0.303 e. The first-order valence-electron chi connectivity index (χ1n) is 18.6. The lowest BCUT2D eigenvalue weighted by Crippen LogP contribution is -2.27. The van der Waals surface area contributed by atoms with Crippen molar-refractivity contribution in [3.63, 3.8) is 0 Å². The minimum absolute atomic E-state index is 0.172. The van der Waals surface area contributed by atoms with Gasteiger partial charge in [0, 0.05) is 66.2 Å². The fourth-order valence-corrected chi connectivity index (χ4v) is 7.78. The summed E-state index contributed by atoms with van der Waals surface area (Å²) in [4.78, 5) is 25.7. The SMILES string of the molecule is CC1(C)C(=CC=CC(C#N)=CC=CC2=[N+](CCCCCC(=O)C3CCC3)c3ccccc3C2(C)C)N(CCCCCC(=O)O)c2ccccc21. The molecule has 1 fully saturated rings. The number of aliphatic carboxylic acids is 1. The molecule has 5 rings (SSSR count). The molecule has 3 aliphatic rings. The van der Waals surface area contributed by atoms with E-state index < -0.39 is 5.97 Å². The van der Waals surface area contributed by atoms with Crippen molar-refractivity contribution in [3.8, 4) is 6.07 Å². The molecule has 2 aromatic rings. The second kappa shape index (κ2) is 16.5. The van der Waals surface area contributed by atoms with E-state index in [9.17, 15) is 14.9 Å². The van der Waals surface area contributed by atoms with E-state index in [1.54, 1.807) is 0 Å². The van der Waals surface area contributed by atoms with Crippen molar-refractivity contribution in [1.29, 1.82) is 5.26 Å². The molecule has 0 saturated heterocycles. The predicted octanol–water partition coefficient (Wildman–Crippen LogP) is 9.88. The quantitative estimate of drug-likeness (QED) is 0.0783. The number of ketones is 1. The molecule has 0 unspecified atom stereocenters. The highest BCUT2D eigenvalue weighted by molar-refractivity contribution is 6.03. The van der Waals surface area contributed by atoms with Crippen molar-refractivity contribution in [2.75, 3.05) is 18.0 Å². The normalized spacial score (nSPS) is 18.9. The molecule has 1 N–H and O–H groups in total. The van der Waals surface area contributed by atoms with Gasteiger partial charge in [-0.2, -0.15) is 9.84 Å². The summed E-state index contributed by atoms with van der Waals surface area (Å²) in [6, 6.07) is 19.5. The molecule has 2 heterocycles. The van der Waals surface area contributed by atoms with Crippen LogP contribution in [-0.4, -0.2) is 40.2 Å². The standard InChI is InChI=1S/C44H53N3O3/c1-43(2)35-22-9-11-24-37(35)46(30-13-5-7-26-39(48)34-20-17-21-34)40(43)27-15-18-33(32-45)19-16-28-41-44(3,4)36-23-10-12-25-38(36)47(41)31-14-6-8-29-42(49)50/h9-12,15-16,18-19,22-25,27-28,34H,5-8,13-14,17,20-21,26,29-31H2,1-4H3/p+1. The van der Waals surface area contributed by atoms with Gasteiger partial charge in [-0.3, -0.25) is 9.59 Å². The zero-order valence-corrected chi connectivity index (χ0v) is 30.5. The topological polar surface area (TPSA) is 84.4 Å². The second-order valence-corrected chi connectivity index (χ2v) is 15.1. The van der Waals surface area contributed by atoms with E-state index in [1.165, 1.54) is 40.3 Å². The molecule has 2 aromatic carbocycles. The molecule has 0 aromatic heterocycles. The van der Waals surface area contributed by atoms with Crippen molar-refractivity contribution in [2.24, 2.45) is 5.92 Å². The Hall–Kier alpha value is -4.50. The average molecular weight is 673 g/mol. The number of hydrogen-bond acceptors (Lipinski definition) is 4. The molecule has 0 spiro atoms. The molecular weight excluding hydrogens is 619 g/mol. The van der Waals surface area contributed by atoms with Crippen LogP contribution in [0.4, 0.5) is 11.4 Å². The number of carboxylic acids is 1. The molecular formula is C44H54N3O3+. The molecule has 0 bridgehead atoms. The maximum atomic E-state index is 12.4. The Morgan fingerprint density at radius 2 is 1.60 bits per heavy atom. The first kappa shape index (κ1) is 36.8. The van der Waals surface area contributed by atoms with Gasteiger partial charge in [0.25, 0.3) is 0 Å². The van der Waals surface area contributed by atoms with Crippen molar-refractivity contribution in [1.82, 2.24) is 0 Å². The molecule has 0 radical (unpaired) electrons. The van der Waals surface area contributed by atoms with Crippen LogP contribution in [0.3, 0.4) is 0 Å². The largest absolute Gasteiger partial charge is 0.481 e. The van der Waals surface area contributed by atoms with Crippen molar-refractivity contribution in [2.45, 2.75) is 109 Å². The number of unbranched alkanes of at least 4 members (excludes halogenated alkanes) is 4. The molecule has 1 saturated carbocycles. The fraction of sp³-hybridized carbons (Fsp3) is 0.455. The lowest BCUT2D eigenvalue weighted by molar-refractivity contribution is -0.438. The molecule has 262 valence electrons. The molecule has 1 aliphatic carbocycles. The third-order valence-electron chi connectivity index (χ3n) is 10.9. The number of fused-ring (bicyclic) bond motifs is 2. The van der Waals surface area contributed by atoms with Crippen molar-refractivity contribution < 1.29 is 19.3 Å². The highest BCUT2D eigenvalue weighted by Gasteiger charge is 2.44. The maximum Gasteiger partial charge on any atom is 0.303 e. The third kappa shape index (κ3) is 8.27. The minimum Gasteiger partial charge on any atom is -0.481 e. The zero-order chi connectivity index (χ0) is 35.7. The number of nitrogens with zero attached hydrogens (tertiary/aromatic N) is 3. The lowest BCUT2D eigenvalue weighted by atomic mass is 9.80. The minimum atomic E-state index is -0.743. The van der Waals surface area contributed by atoms with E-state index in [0.29, 0.717) is 30.1 Å². The number of rotatable bonds is 17. The number of nitriles is 1. The average Bonchev–Trinajstić information content (AvgIpc) is 3.41. The maximum absolute atomic E-state index is 12.4. The van der Waals surface area contributed by atoms with Crippen LogP contribution in [0.15, 0.2) is 96.3 Å². The van der Waals surface area contributed by atoms with E-state index in [-0.39, 0.29) is 17.3 Å². The Bertz CT molecular complexity index is 1760. The number of benzene rings is 2.